The monoisotopic (exact) mass is 217 g/mol. The summed E-state index contributed by atoms with van der Waals surface area (Å²) in [6.07, 6.45) is 6.18. The fourth-order valence-electron chi connectivity index (χ4n) is 2.16. The first-order valence-corrected chi connectivity index (χ1v) is 5.93. The van der Waals surface area contributed by atoms with Crippen molar-refractivity contribution in [1.82, 2.24) is 0 Å². The summed E-state index contributed by atoms with van der Waals surface area (Å²) in [6.45, 7) is 4.37. The van der Waals surface area contributed by atoms with Crippen molar-refractivity contribution in [3.05, 3.63) is 42.0 Å². The Morgan fingerprint density at radius 2 is 2.38 bits per heavy atom. The van der Waals surface area contributed by atoms with E-state index in [0.29, 0.717) is 6.61 Å². The van der Waals surface area contributed by atoms with Crippen molar-refractivity contribution in [1.29, 1.82) is 0 Å². The van der Waals surface area contributed by atoms with Crippen molar-refractivity contribution < 1.29 is 4.74 Å². The molecule has 0 radical (unpaired) electrons. The van der Waals surface area contributed by atoms with Crippen LogP contribution in [0.3, 0.4) is 0 Å². The van der Waals surface area contributed by atoms with Crippen LogP contribution in [0.4, 0.5) is 0 Å². The SMILES string of the molecule is C=CCCOc1ccc2c(c1)[C@@H](N)CCC2. The Labute approximate surface area is 97.1 Å². The molecule has 1 aromatic rings. The van der Waals surface area contributed by atoms with E-state index in [0.717, 1.165) is 25.0 Å². The van der Waals surface area contributed by atoms with Crippen LogP contribution < -0.4 is 10.5 Å². The predicted octanol–water partition coefficient (Wildman–Crippen LogP) is 2.98. The van der Waals surface area contributed by atoms with Gasteiger partial charge in [-0.1, -0.05) is 12.1 Å². The lowest BCUT2D eigenvalue weighted by Gasteiger charge is -2.22. The second-order valence-electron chi connectivity index (χ2n) is 4.29. The number of nitrogens with two attached hydrogens (primary N) is 1. The topological polar surface area (TPSA) is 35.2 Å². The van der Waals surface area contributed by atoms with Gasteiger partial charge in [0, 0.05) is 6.04 Å². The molecule has 2 heteroatoms. The molecule has 1 aliphatic rings. The molecule has 0 bridgehead atoms. The second-order valence-corrected chi connectivity index (χ2v) is 4.29. The second kappa shape index (κ2) is 5.17. The van der Waals surface area contributed by atoms with Gasteiger partial charge in [0.15, 0.2) is 0 Å². The minimum atomic E-state index is 0.187. The zero-order valence-electron chi connectivity index (χ0n) is 9.61. The third-order valence-corrected chi connectivity index (χ3v) is 3.07. The van der Waals surface area contributed by atoms with E-state index in [2.05, 4.69) is 18.7 Å². The molecule has 86 valence electrons. The van der Waals surface area contributed by atoms with Crippen molar-refractivity contribution in [3.8, 4) is 5.75 Å². The maximum Gasteiger partial charge on any atom is 0.119 e. The van der Waals surface area contributed by atoms with Gasteiger partial charge in [-0.2, -0.15) is 0 Å². The minimum absolute atomic E-state index is 0.187. The van der Waals surface area contributed by atoms with E-state index in [4.69, 9.17) is 10.5 Å². The molecular formula is C14H19NO. The minimum Gasteiger partial charge on any atom is -0.493 e. The molecule has 16 heavy (non-hydrogen) atoms. The predicted molar refractivity (Wildman–Crippen MR) is 66.6 cm³/mol. The number of benzene rings is 1. The fraction of sp³-hybridized carbons (Fsp3) is 0.429. The van der Waals surface area contributed by atoms with Crippen molar-refractivity contribution >= 4 is 0 Å². The van der Waals surface area contributed by atoms with E-state index < -0.39 is 0 Å². The number of rotatable bonds is 4. The van der Waals surface area contributed by atoms with Gasteiger partial charge in [-0.15, -0.1) is 6.58 Å². The van der Waals surface area contributed by atoms with Crippen molar-refractivity contribution in [2.24, 2.45) is 5.73 Å². The summed E-state index contributed by atoms with van der Waals surface area (Å²) in [6, 6.07) is 6.48. The molecular weight excluding hydrogens is 198 g/mol. The molecule has 2 N–H and O–H groups in total. The van der Waals surface area contributed by atoms with Gasteiger partial charge in [0.2, 0.25) is 0 Å². The van der Waals surface area contributed by atoms with Crippen molar-refractivity contribution in [3.63, 3.8) is 0 Å². The standard InChI is InChI=1S/C14H19NO/c1-2-3-9-16-12-8-7-11-5-4-6-14(15)13(11)10-12/h2,7-8,10,14H,1,3-6,9,15H2/t14-/m0/s1. The third-order valence-electron chi connectivity index (χ3n) is 3.07. The van der Waals surface area contributed by atoms with E-state index in [9.17, 15) is 0 Å². The highest BCUT2D eigenvalue weighted by atomic mass is 16.5. The van der Waals surface area contributed by atoms with E-state index >= 15 is 0 Å². The van der Waals surface area contributed by atoms with E-state index in [-0.39, 0.29) is 6.04 Å². The van der Waals surface area contributed by atoms with Crippen molar-refractivity contribution in [2.75, 3.05) is 6.61 Å². The molecule has 1 atom stereocenters. The lowest BCUT2D eigenvalue weighted by molar-refractivity contribution is 0.324. The third kappa shape index (κ3) is 2.45. The molecule has 1 aliphatic carbocycles. The van der Waals surface area contributed by atoms with Crippen LogP contribution in [0, 0.1) is 0 Å². The first-order valence-electron chi connectivity index (χ1n) is 5.93. The van der Waals surface area contributed by atoms with Crippen LogP contribution in [0.5, 0.6) is 5.75 Å². The normalized spacial score (nSPS) is 18.9. The molecule has 0 amide bonds. The van der Waals surface area contributed by atoms with Gasteiger partial charge in [0.25, 0.3) is 0 Å². The molecule has 1 aromatic carbocycles. The van der Waals surface area contributed by atoms with Gasteiger partial charge in [-0.05, 0) is 48.9 Å². The van der Waals surface area contributed by atoms with Crippen LogP contribution in [0.1, 0.15) is 36.4 Å². The Morgan fingerprint density at radius 1 is 1.50 bits per heavy atom. The van der Waals surface area contributed by atoms with E-state index in [1.807, 2.05) is 12.1 Å². The van der Waals surface area contributed by atoms with Gasteiger partial charge < -0.3 is 10.5 Å². The summed E-state index contributed by atoms with van der Waals surface area (Å²) >= 11 is 0. The number of hydrogen-bond acceptors (Lipinski definition) is 2. The number of hydrogen-bond donors (Lipinski definition) is 1. The van der Waals surface area contributed by atoms with Gasteiger partial charge in [0.1, 0.15) is 5.75 Å². The smallest absolute Gasteiger partial charge is 0.119 e. The first-order chi connectivity index (χ1) is 7.81. The zero-order valence-corrected chi connectivity index (χ0v) is 9.61. The van der Waals surface area contributed by atoms with Crippen molar-refractivity contribution in [2.45, 2.75) is 31.7 Å². The lowest BCUT2D eigenvalue weighted by atomic mass is 9.88. The van der Waals surface area contributed by atoms with Crippen LogP contribution in [-0.2, 0) is 6.42 Å². The van der Waals surface area contributed by atoms with Gasteiger partial charge >= 0.3 is 0 Å². The Morgan fingerprint density at radius 3 is 3.19 bits per heavy atom. The van der Waals surface area contributed by atoms with Crippen LogP contribution in [-0.4, -0.2) is 6.61 Å². The quantitative estimate of drug-likeness (QED) is 0.621. The molecule has 2 nitrogen and oxygen atoms in total. The summed E-state index contributed by atoms with van der Waals surface area (Å²) < 4.78 is 5.63. The molecule has 0 aliphatic heterocycles. The number of aryl methyl sites for hydroxylation is 1. The number of fused-ring (bicyclic) bond motifs is 1. The zero-order chi connectivity index (χ0) is 11.4. The molecule has 0 aromatic heterocycles. The van der Waals surface area contributed by atoms with Crippen LogP contribution in [0.15, 0.2) is 30.9 Å². The Bertz CT molecular complexity index is 373. The highest BCUT2D eigenvalue weighted by Gasteiger charge is 2.16. The summed E-state index contributed by atoms with van der Waals surface area (Å²) in [4.78, 5) is 0. The van der Waals surface area contributed by atoms with E-state index in [1.165, 1.54) is 17.5 Å². The molecule has 0 saturated heterocycles. The average Bonchev–Trinajstić information content (AvgIpc) is 2.30. The Balaban J connectivity index is 2.11. The fourth-order valence-corrected chi connectivity index (χ4v) is 2.16. The van der Waals surface area contributed by atoms with Crippen LogP contribution in [0.25, 0.3) is 0 Å². The summed E-state index contributed by atoms with van der Waals surface area (Å²) in [5.74, 6) is 0.929. The Hall–Kier alpha value is -1.28. The average molecular weight is 217 g/mol. The molecule has 0 saturated carbocycles. The number of ether oxygens (including phenoxy) is 1. The molecule has 0 fully saturated rings. The first kappa shape index (κ1) is 11.2. The molecule has 0 heterocycles. The molecule has 2 rings (SSSR count). The van der Waals surface area contributed by atoms with E-state index in [1.54, 1.807) is 0 Å². The largest absolute Gasteiger partial charge is 0.493 e. The van der Waals surface area contributed by atoms with Crippen LogP contribution >= 0.6 is 0 Å². The van der Waals surface area contributed by atoms with Gasteiger partial charge in [0.05, 0.1) is 6.61 Å². The van der Waals surface area contributed by atoms with Gasteiger partial charge in [-0.3, -0.25) is 0 Å². The highest BCUT2D eigenvalue weighted by Crippen LogP contribution is 2.30. The maximum atomic E-state index is 6.10. The summed E-state index contributed by atoms with van der Waals surface area (Å²) in [5, 5.41) is 0. The maximum absolute atomic E-state index is 6.10. The van der Waals surface area contributed by atoms with Crippen LogP contribution in [0.2, 0.25) is 0 Å². The molecule has 0 unspecified atom stereocenters. The highest BCUT2D eigenvalue weighted by molar-refractivity contribution is 5.39. The molecule has 0 spiro atoms. The Kier molecular flexibility index (Phi) is 3.62. The summed E-state index contributed by atoms with van der Waals surface area (Å²) in [5.41, 5.74) is 8.75. The summed E-state index contributed by atoms with van der Waals surface area (Å²) in [7, 11) is 0. The van der Waals surface area contributed by atoms with Gasteiger partial charge in [-0.25, -0.2) is 0 Å². The lowest BCUT2D eigenvalue weighted by Crippen LogP contribution is -2.17.